The Morgan fingerprint density at radius 3 is 2.89 bits per heavy atom. The van der Waals surface area contributed by atoms with Crippen LogP contribution in [0, 0.1) is 0 Å². The molecular formula is C11H20N4O3S. The predicted octanol–water partition coefficient (Wildman–Crippen LogP) is 0.550. The first-order chi connectivity index (χ1) is 9.20. The lowest BCUT2D eigenvalue weighted by Crippen LogP contribution is -2.20. The van der Waals surface area contributed by atoms with Crippen molar-refractivity contribution in [2.24, 2.45) is 0 Å². The molecule has 0 bridgehead atoms. The molecule has 0 saturated carbocycles. The van der Waals surface area contributed by atoms with E-state index in [0.29, 0.717) is 36.9 Å². The number of ether oxygens (including phenoxy) is 2. The molecule has 0 aliphatic rings. The number of anilines is 2. The van der Waals surface area contributed by atoms with Gasteiger partial charge in [-0.2, -0.15) is 4.37 Å². The molecule has 0 unspecified atom stereocenters. The van der Waals surface area contributed by atoms with Crippen LogP contribution in [-0.2, 0) is 9.47 Å². The lowest BCUT2D eigenvalue weighted by atomic mass is 10.3. The summed E-state index contributed by atoms with van der Waals surface area (Å²) >= 11 is 1.18. The smallest absolute Gasteiger partial charge is 0.257 e. The Balaban J connectivity index is 2.31. The van der Waals surface area contributed by atoms with Crippen LogP contribution in [0.5, 0.6) is 0 Å². The summed E-state index contributed by atoms with van der Waals surface area (Å²) in [6.07, 6.45) is 0.828. The Labute approximate surface area is 116 Å². The number of aromatic nitrogens is 1. The van der Waals surface area contributed by atoms with Gasteiger partial charge in [0, 0.05) is 27.3 Å². The quantitative estimate of drug-likeness (QED) is 0.574. The van der Waals surface area contributed by atoms with Gasteiger partial charge in [0.2, 0.25) is 0 Å². The molecule has 0 radical (unpaired) electrons. The molecule has 1 aromatic rings. The van der Waals surface area contributed by atoms with Crippen LogP contribution in [0.15, 0.2) is 0 Å². The van der Waals surface area contributed by atoms with E-state index in [4.69, 9.17) is 15.2 Å². The van der Waals surface area contributed by atoms with Gasteiger partial charge in [-0.05, 0) is 18.0 Å². The second-order valence-corrected chi connectivity index (χ2v) is 4.51. The van der Waals surface area contributed by atoms with E-state index < -0.39 is 0 Å². The Morgan fingerprint density at radius 2 is 2.21 bits per heavy atom. The molecule has 1 rings (SSSR count). The van der Waals surface area contributed by atoms with E-state index in [9.17, 15) is 4.79 Å². The van der Waals surface area contributed by atoms with Crippen molar-refractivity contribution in [2.75, 3.05) is 51.6 Å². The fourth-order valence-corrected chi connectivity index (χ4v) is 2.12. The van der Waals surface area contributed by atoms with Crippen molar-refractivity contribution < 1.29 is 14.3 Å². The zero-order chi connectivity index (χ0) is 14.1. The van der Waals surface area contributed by atoms with Gasteiger partial charge in [0.25, 0.3) is 5.91 Å². The largest absolute Gasteiger partial charge is 0.382 e. The standard InChI is InChI=1S/C11H20N4O3S/c1-13-10(16)8-9(12)15-19-11(8)14-4-3-5-18-7-6-17-2/h14H,3-7H2,1-2H3,(H2,12,15)(H,13,16). The van der Waals surface area contributed by atoms with Gasteiger partial charge in [0.05, 0.1) is 13.2 Å². The molecule has 1 heterocycles. The maximum absolute atomic E-state index is 11.6. The first kappa shape index (κ1) is 15.7. The first-order valence-electron chi connectivity index (χ1n) is 5.98. The molecule has 19 heavy (non-hydrogen) atoms. The molecule has 0 atom stereocenters. The number of nitrogens with one attached hydrogen (secondary N) is 2. The lowest BCUT2D eigenvalue weighted by molar-refractivity contribution is 0.0705. The predicted molar refractivity (Wildman–Crippen MR) is 75.7 cm³/mol. The summed E-state index contributed by atoms with van der Waals surface area (Å²) in [6, 6.07) is 0. The molecule has 1 amide bonds. The molecule has 0 saturated heterocycles. The normalized spacial score (nSPS) is 10.4. The molecule has 1 aromatic heterocycles. The molecule has 108 valence electrons. The number of nitrogens with zero attached hydrogens (tertiary/aromatic N) is 1. The van der Waals surface area contributed by atoms with E-state index in [1.54, 1.807) is 14.2 Å². The van der Waals surface area contributed by atoms with Crippen molar-refractivity contribution in [3.8, 4) is 0 Å². The molecule has 0 spiro atoms. The lowest BCUT2D eigenvalue weighted by Gasteiger charge is -2.07. The summed E-state index contributed by atoms with van der Waals surface area (Å²) in [5.74, 6) is 0.0216. The Bertz CT molecular complexity index is 397. The third kappa shape index (κ3) is 5.01. The summed E-state index contributed by atoms with van der Waals surface area (Å²) in [4.78, 5) is 11.6. The number of carbonyl (C=O) groups is 1. The van der Waals surface area contributed by atoms with Crippen LogP contribution >= 0.6 is 11.5 Å². The maximum atomic E-state index is 11.6. The molecule has 7 nitrogen and oxygen atoms in total. The van der Waals surface area contributed by atoms with Gasteiger partial charge in [0.1, 0.15) is 10.6 Å². The Morgan fingerprint density at radius 1 is 1.42 bits per heavy atom. The van der Waals surface area contributed by atoms with Gasteiger partial charge < -0.3 is 25.8 Å². The van der Waals surface area contributed by atoms with Crippen LogP contribution in [-0.4, -0.2) is 50.8 Å². The fraction of sp³-hybridized carbons (Fsp3) is 0.636. The van der Waals surface area contributed by atoms with Gasteiger partial charge in [-0.15, -0.1) is 0 Å². The monoisotopic (exact) mass is 288 g/mol. The number of rotatable bonds is 9. The van der Waals surface area contributed by atoms with Crippen molar-refractivity contribution in [1.29, 1.82) is 0 Å². The number of carbonyl (C=O) groups excluding carboxylic acids is 1. The van der Waals surface area contributed by atoms with E-state index in [1.807, 2.05) is 0 Å². The summed E-state index contributed by atoms with van der Waals surface area (Å²) in [5.41, 5.74) is 6.07. The minimum atomic E-state index is -0.231. The molecule has 0 aliphatic carbocycles. The number of nitrogens with two attached hydrogens (primary N) is 1. The highest BCUT2D eigenvalue weighted by molar-refractivity contribution is 7.11. The van der Waals surface area contributed by atoms with Gasteiger partial charge in [-0.3, -0.25) is 4.79 Å². The van der Waals surface area contributed by atoms with Crippen molar-refractivity contribution in [1.82, 2.24) is 9.69 Å². The summed E-state index contributed by atoms with van der Waals surface area (Å²) in [7, 11) is 3.20. The fourth-order valence-electron chi connectivity index (χ4n) is 1.39. The van der Waals surface area contributed by atoms with Gasteiger partial charge in [-0.25, -0.2) is 0 Å². The summed E-state index contributed by atoms with van der Waals surface area (Å²) in [6.45, 7) is 2.52. The summed E-state index contributed by atoms with van der Waals surface area (Å²) < 4.78 is 14.2. The van der Waals surface area contributed by atoms with Crippen LogP contribution in [0.2, 0.25) is 0 Å². The van der Waals surface area contributed by atoms with Gasteiger partial charge in [-0.1, -0.05) is 0 Å². The number of methoxy groups -OCH3 is 1. The van der Waals surface area contributed by atoms with Crippen molar-refractivity contribution in [3.05, 3.63) is 5.56 Å². The van der Waals surface area contributed by atoms with Crippen LogP contribution in [0.3, 0.4) is 0 Å². The van der Waals surface area contributed by atoms with E-state index in [0.717, 1.165) is 6.42 Å². The average Bonchev–Trinajstić information content (AvgIpc) is 2.78. The number of nitrogen functional groups attached to an aromatic ring is 1. The van der Waals surface area contributed by atoms with Crippen molar-refractivity contribution in [3.63, 3.8) is 0 Å². The third-order valence-corrected chi connectivity index (χ3v) is 3.17. The van der Waals surface area contributed by atoms with Crippen LogP contribution in [0.1, 0.15) is 16.8 Å². The third-order valence-electron chi connectivity index (χ3n) is 2.36. The zero-order valence-corrected chi connectivity index (χ0v) is 12.0. The molecule has 0 fully saturated rings. The summed E-state index contributed by atoms with van der Waals surface area (Å²) in [5, 5.41) is 6.38. The second-order valence-electron chi connectivity index (χ2n) is 3.74. The van der Waals surface area contributed by atoms with Gasteiger partial charge in [0.15, 0.2) is 5.82 Å². The van der Waals surface area contributed by atoms with E-state index >= 15 is 0 Å². The minimum absolute atomic E-state index is 0.231. The highest BCUT2D eigenvalue weighted by Gasteiger charge is 2.17. The SMILES string of the molecule is CNC(=O)c1c(N)nsc1NCCCOCCOC. The molecule has 0 aromatic carbocycles. The number of hydrogen-bond acceptors (Lipinski definition) is 7. The Hall–Kier alpha value is -1.38. The second kappa shape index (κ2) is 8.68. The first-order valence-corrected chi connectivity index (χ1v) is 6.75. The average molecular weight is 288 g/mol. The van der Waals surface area contributed by atoms with Crippen molar-refractivity contribution >= 4 is 28.3 Å². The highest BCUT2D eigenvalue weighted by Crippen LogP contribution is 2.26. The maximum Gasteiger partial charge on any atom is 0.257 e. The molecular weight excluding hydrogens is 268 g/mol. The topological polar surface area (TPSA) is 98.5 Å². The molecule has 4 N–H and O–H groups in total. The van der Waals surface area contributed by atoms with E-state index in [2.05, 4.69) is 15.0 Å². The molecule has 0 aliphatic heterocycles. The van der Waals surface area contributed by atoms with Crippen LogP contribution in [0.25, 0.3) is 0 Å². The van der Waals surface area contributed by atoms with Crippen molar-refractivity contribution in [2.45, 2.75) is 6.42 Å². The van der Waals surface area contributed by atoms with E-state index in [1.165, 1.54) is 11.5 Å². The van der Waals surface area contributed by atoms with E-state index in [-0.39, 0.29) is 11.7 Å². The Kier molecular flexibility index (Phi) is 7.16. The van der Waals surface area contributed by atoms with Crippen LogP contribution in [0.4, 0.5) is 10.8 Å². The van der Waals surface area contributed by atoms with Gasteiger partial charge >= 0.3 is 0 Å². The zero-order valence-electron chi connectivity index (χ0n) is 11.2. The molecule has 8 heteroatoms. The minimum Gasteiger partial charge on any atom is -0.382 e. The number of amides is 1. The number of hydrogen-bond donors (Lipinski definition) is 3. The van der Waals surface area contributed by atoms with Crippen LogP contribution < -0.4 is 16.4 Å². The highest BCUT2D eigenvalue weighted by atomic mass is 32.1.